The first-order valence-electron chi connectivity index (χ1n) is 6.59. The fourth-order valence-electron chi connectivity index (χ4n) is 2.46. The summed E-state index contributed by atoms with van der Waals surface area (Å²) in [6, 6.07) is 1.87. The van der Waals surface area contributed by atoms with Crippen LogP contribution >= 0.6 is 0 Å². The SMILES string of the molecule is CNc1cc(C)ncc1C(=O)N(C)CC1CC(O)C1. The number of aliphatic hydroxyl groups is 1. The Bertz CT molecular complexity index is 470. The number of carbonyl (C=O) groups excluding carboxylic acids is 1. The van der Waals surface area contributed by atoms with Gasteiger partial charge in [-0.2, -0.15) is 0 Å². The van der Waals surface area contributed by atoms with Crippen molar-refractivity contribution in [3.8, 4) is 0 Å². The van der Waals surface area contributed by atoms with Gasteiger partial charge in [0.15, 0.2) is 0 Å². The summed E-state index contributed by atoms with van der Waals surface area (Å²) in [5.41, 5.74) is 2.28. The van der Waals surface area contributed by atoms with Gasteiger partial charge in [0.2, 0.25) is 0 Å². The van der Waals surface area contributed by atoms with Crippen molar-refractivity contribution in [3.05, 3.63) is 23.5 Å². The number of rotatable bonds is 4. The van der Waals surface area contributed by atoms with E-state index in [1.54, 1.807) is 25.2 Å². The van der Waals surface area contributed by atoms with Crippen LogP contribution in [0.5, 0.6) is 0 Å². The summed E-state index contributed by atoms with van der Waals surface area (Å²) in [5.74, 6) is 0.388. The predicted molar refractivity (Wildman–Crippen MR) is 74.2 cm³/mol. The number of aromatic nitrogens is 1. The van der Waals surface area contributed by atoms with E-state index < -0.39 is 0 Å². The molecule has 1 aliphatic carbocycles. The highest BCUT2D eigenvalue weighted by Gasteiger charge is 2.29. The maximum Gasteiger partial charge on any atom is 0.257 e. The van der Waals surface area contributed by atoms with Gasteiger partial charge in [0, 0.05) is 32.5 Å². The summed E-state index contributed by atoms with van der Waals surface area (Å²) in [6.07, 6.45) is 3.03. The summed E-state index contributed by atoms with van der Waals surface area (Å²) >= 11 is 0. The Morgan fingerprint density at radius 3 is 2.84 bits per heavy atom. The summed E-state index contributed by atoms with van der Waals surface area (Å²) in [4.78, 5) is 18.3. The Kier molecular flexibility index (Phi) is 4.04. The van der Waals surface area contributed by atoms with Crippen LogP contribution in [0.3, 0.4) is 0 Å². The molecule has 0 aromatic carbocycles. The molecule has 2 N–H and O–H groups in total. The van der Waals surface area contributed by atoms with Gasteiger partial charge in [-0.05, 0) is 31.7 Å². The molecule has 0 radical (unpaired) electrons. The minimum Gasteiger partial charge on any atom is -0.393 e. The molecule has 19 heavy (non-hydrogen) atoms. The van der Waals surface area contributed by atoms with Crippen molar-refractivity contribution in [1.29, 1.82) is 0 Å². The molecule has 0 saturated heterocycles. The topological polar surface area (TPSA) is 65.5 Å². The van der Waals surface area contributed by atoms with Gasteiger partial charge < -0.3 is 15.3 Å². The van der Waals surface area contributed by atoms with Crippen molar-refractivity contribution >= 4 is 11.6 Å². The van der Waals surface area contributed by atoms with Crippen molar-refractivity contribution in [1.82, 2.24) is 9.88 Å². The van der Waals surface area contributed by atoms with Gasteiger partial charge in [0.05, 0.1) is 17.4 Å². The zero-order valence-corrected chi connectivity index (χ0v) is 11.7. The van der Waals surface area contributed by atoms with Gasteiger partial charge in [0.25, 0.3) is 5.91 Å². The first-order chi connectivity index (χ1) is 9.01. The fourth-order valence-corrected chi connectivity index (χ4v) is 2.46. The van der Waals surface area contributed by atoms with E-state index in [0.717, 1.165) is 24.2 Å². The van der Waals surface area contributed by atoms with E-state index in [-0.39, 0.29) is 12.0 Å². The van der Waals surface area contributed by atoms with Crippen LogP contribution in [-0.4, -0.2) is 47.6 Å². The minimum atomic E-state index is -0.178. The van der Waals surface area contributed by atoms with Crippen LogP contribution in [0.1, 0.15) is 28.9 Å². The quantitative estimate of drug-likeness (QED) is 0.858. The lowest BCUT2D eigenvalue weighted by atomic mass is 9.82. The molecule has 0 aliphatic heterocycles. The summed E-state index contributed by atoms with van der Waals surface area (Å²) < 4.78 is 0. The van der Waals surface area contributed by atoms with Crippen LogP contribution in [0.4, 0.5) is 5.69 Å². The van der Waals surface area contributed by atoms with Crippen LogP contribution in [-0.2, 0) is 0 Å². The van der Waals surface area contributed by atoms with Gasteiger partial charge in [-0.25, -0.2) is 0 Å². The van der Waals surface area contributed by atoms with Crippen LogP contribution in [0, 0.1) is 12.8 Å². The van der Waals surface area contributed by atoms with Gasteiger partial charge in [-0.15, -0.1) is 0 Å². The zero-order valence-electron chi connectivity index (χ0n) is 11.7. The lowest BCUT2D eigenvalue weighted by Gasteiger charge is -2.34. The van der Waals surface area contributed by atoms with Crippen LogP contribution in [0.15, 0.2) is 12.3 Å². The number of hydrogen-bond donors (Lipinski definition) is 2. The predicted octanol–water partition coefficient (Wildman–Crippen LogP) is 1.27. The normalized spacial score (nSPS) is 21.7. The smallest absolute Gasteiger partial charge is 0.257 e. The van der Waals surface area contributed by atoms with Crippen molar-refractivity contribution < 1.29 is 9.90 Å². The Labute approximate surface area is 113 Å². The number of hydrogen-bond acceptors (Lipinski definition) is 4. The fraction of sp³-hybridized carbons (Fsp3) is 0.571. The van der Waals surface area contributed by atoms with E-state index in [4.69, 9.17) is 0 Å². The number of aryl methyl sites for hydroxylation is 1. The molecule has 2 rings (SSSR count). The molecule has 1 aliphatic rings. The summed E-state index contributed by atoms with van der Waals surface area (Å²) in [7, 11) is 3.60. The van der Waals surface area contributed by atoms with E-state index in [1.807, 2.05) is 13.0 Å². The van der Waals surface area contributed by atoms with Crippen molar-refractivity contribution in [3.63, 3.8) is 0 Å². The molecule has 0 bridgehead atoms. The standard InChI is InChI=1S/C14H21N3O2/c1-9-4-13(15-2)12(7-16-9)14(19)17(3)8-10-5-11(18)6-10/h4,7,10-11,18H,5-6,8H2,1-3H3,(H,15,16). The maximum atomic E-state index is 12.4. The van der Waals surface area contributed by atoms with E-state index in [1.165, 1.54) is 0 Å². The highest BCUT2D eigenvalue weighted by atomic mass is 16.3. The molecular weight excluding hydrogens is 242 g/mol. The number of nitrogens with zero attached hydrogens (tertiary/aromatic N) is 2. The number of aliphatic hydroxyl groups excluding tert-OH is 1. The molecule has 5 heteroatoms. The third-order valence-corrected chi connectivity index (χ3v) is 3.63. The molecule has 1 amide bonds. The summed E-state index contributed by atoms with van der Waals surface area (Å²) in [6.45, 7) is 2.58. The number of anilines is 1. The minimum absolute atomic E-state index is 0.0294. The Morgan fingerprint density at radius 2 is 2.26 bits per heavy atom. The average molecular weight is 263 g/mol. The van der Waals surface area contributed by atoms with Crippen molar-refractivity contribution in [2.24, 2.45) is 5.92 Å². The molecular formula is C14H21N3O2. The second kappa shape index (κ2) is 5.57. The van der Waals surface area contributed by atoms with E-state index in [2.05, 4.69) is 10.3 Å². The number of pyridine rings is 1. The average Bonchev–Trinajstić information content (AvgIpc) is 2.35. The monoisotopic (exact) mass is 263 g/mol. The first kappa shape index (κ1) is 13.8. The Balaban J connectivity index is 2.06. The third kappa shape index (κ3) is 3.04. The van der Waals surface area contributed by atoms with Crippen LogP contribution in [0.2, 0.25) is 0 Å². The molecule has 104 valence electrons. The van der Waals surface area contributed by atoms with E-state index >= 15 is 0 Å². The molecule has 0 spiro atoms. The molecule has 1 aromatic heterocycles. The molecule has 1 fully saturated rings. The van der Waals surface area contributed by atoms with Crippen molar-refractivity contribution in [2.75, 3.05) is 26.0 Å². The number of carbonyl (C=O) groups is 1. The Morgan fingerprint density at radius 1 is 1.58 bits per heavy atom. The van der Waals surface area contributed by atoms with Crippen LogP contribution < -0.4 is 5.32 Å². The molecule has 5 nitrogen and oxygen atoms in total. The second-order valence-electron chi connectivity index (χ2n) is 5.30. The largest absolute Gasteiger partial charge is 0.393 e. The van der Waals surface area contributed by atoms with Gasteiger partial charge in [-0.3, -0.25) is 9.78 Å². The lowest BCUT2D eigenvalue weighted by molar-refractivity contribution is 0.0265. The highest BCUT2D eigenvalue weighted by molar-refractivity contribution is 5.99. The molecule has 1 saturated carbocycles. The highest BCUT2D eigenvalue weighted by Crippen LogP contribution is 2.28. The maximum absolute atomic E-state index is 12.4. The third-order valence-electron chi connectivity index (χ3n) is 3.63. The van der Waals surface area contributed by atoms with E-state index in [0.29, 0.717) is 18.0 Å². The zero-order chi connectivity index (χ0) is 14.0. The molecule has 1 aromatic rings. The summed E-state index contributed by atoms with van der Waals surface area (Å²) in [5, 5.41) is 12.3. The van der Waals surface area contributed by atoms with Gasteiger partial charge in [-0.1, -0.05) is 0 Å². The van der Waals surface area contributed by atoms with Gasteiger partial charge >= 0.3 is 0 Å². The molecule has 0 unspecified atom stereocenters. The second-order valence-corrected chi connectivity index (χ2v) is 5.30. The lowest BCUT2D eigenvalue weighted by Crippen LogP contribution is -2.39. The van der Waals surface area contributed by atoms with E-state index in [9.17, 15) is 9.90 Å². The molecule has 0 atom stereocenters. The number of nitrogens with one attached hydrogen (secondary N) is 1. The van der Waals surface area contributed by atoms with Crippen molar-refractivity contribution in [2.45, 2.75) is 25.9 Å². The number of amides is 1. The Hall–Kier alpha value is -1.62. The van der Waals surface area contributed by atoms with Gasteiger partial charge in [0.1, 0.15) is 0 Å². The first-order valence-corrected chi connectivity index (χ1v) is 6.59. The van der Waals surface area contributed by atoms with Crippen LogP contribution in [0.25, 0.3) is 0 Å². The molecule has 1 heterocycles.